The predicted octanol–water partition coefficient (Wildman–Crippen LogP) is 2.53. The van der Waals surface area contributed by atoms with Crippen LogP contribution in [-0.4, -0.2) is 20.9 Å². The van der Waals surface area contributed by atoms with Crippen LogP contribution in [0.4, 0.5) is 0 Å². The third kappa shape index (κ3) is 2.06. The van der Waals surface area contributed by atoms with Crippen LogP contribution in [0.5, 0.6) is 0 Å². The molecule has 5 heteroatoms. The van der Waals surface area contributed by atoms with Gasteiger partial charge in [-0.25, -0.2) is 0 Å². The van der Waals surface area contributed by atoms with Gasteiger partial charge in [0, 0.05) is 13.0 Å². The van der Waals surface area contributed by atoms with E-state index in [9.17, 15) is 9.90 Å². The quantitative estimate of drug-likeness (QED) is 0.881. The Labute approximate surface area is 106 Å². The summed E-state index contributed by atoms with van der Waals surface area (Å²) in [5, 5.41) is 14.3. The molecule has 0 radical (unpaired) electrons. The number of aromatic nitrogens is 2. The van der Waals surface area contributed by atoms with E-state index in [0.717, 1.165) is 37.2 Å². The van der Waals surface area contributed by atoms with Crippen molar-refractivity contribution in [2.75, 3.05) is 0 Å². The Hall–Kier alpha value is -1.03. The Morgan fingerprint density at radius 1 is 1.53 bits per heavy atom. The van der Waals surface area contributed by atoms with E-state index in [2.05, 4.69) is 5.10 Å². The number of hydrogen-bond acceptors (Lipinski definition) is 2. The Bertz CT molecular complexity index is 450. The molecule has 1 heterocycles. The molecule has 1 N–H and O–H groups in total. The fourth-order valence-electron chi connectivity index (χ4n) is 2.12. The maximum absolute atomic E-state index is 11.2. The highest BCUT2D eigenvalue weighted by atomic mass is 35.5. The molecule has 0 spiro atoms. The first-order chi connectivity index (χ1) is 8.04. The van der Waals surface area contributed by atoms with Crippen molar-refractivity contribution < 1.29 is 9.90 Å². The average molecular weight is 257 g/mol. The van der Waals surface area contributed by atoms with E-state index in [1.165, 1.54) is 0 Å². The van der Waals surface area contributed by atoms with Crippen molar-refractivity contribution in [3.63, 3.8) is 0 Å². The van der Waals surface area contributed by atoms with Crippen LogP contribution in [-0.2, 0) is 24.2 Å². The predicted molar refractivity (Wildman–Crippen MR) is 65.3 cm³/mol. The van der Waals surface area contributed by atoms with Crippen LogP contribution >= 0.6 is 11.6 Å². The van der Waals surface area contributed by atoms with Gasteiger partial charge in [0.05, 0.1) is 21.8 Å². The summed E-state index contributed by atoms with van der Waals surface area (Å²) in [6.45, 7) is 4.72. The first-order valence-electron chi connectivity index (χ1n) is 6.01. The molecule has 0 saturated heterocycles. The summed E-state index contributed by atoms with van der Waals surface area (Å²) in [4.78, 5) is 11.2. The van der Waals surface area contributed by atoms with E-state index in [0.29, 0.717) is 11.4 Å². The first-order valence-corrected chi connectivity index (χ1v) is 6.39. The molecule has 1 aliphatic rings. The number of carbonyl (C=O) groups is 1. The van der Waals surface area contributed by atoms with Gasteiger partial charge in [0.2, 0.25) is 0 Å². The number of nitrogens with zero attached hydrogens (tertiary/aromatic N) is 2. The van der Waals surface area contributed by atoms with Gasteiger partial charge in [-0.3, -0.25) is 9.48 Å². The lowest BCUT2D eigenvalue weighted by Crippen LogP contribution is -2.20. The molecule has 0 bridgehead atoms. The summed E-state index contributed by atoms with van der Waals surface area (Å²) in [5.74, 6) is -0.713. The number of aliphatic carboxylic acids is 1. The van der Waals surface area contributed by atoms with Crippen LogP contribution < -0.4 is 0 Å². The van der Waals surface area contributed by atoms with Crippen LogP contribution in [0.2, 0.25) is 5.02 Å². The summed E-state index contributed by atoms with van der Waals surface area (Å²) in [6, 6.07) is 0. The summed E-state index contributed by atoms with van der Waals surface area (Å²) >= 11 is 6.27. The maximum Gasteiger partial charge on any atom is 0.310 e. The lowest BCUT2D eigenvalue weighted by atomic mass is 10.00. The topological polar surface area (TPSA) is 55.1 Å². The van der Waals surface area contributed by atoms with Crippen molar-refractivity contribution in [2.45, 2.75) is 46.1 Å². The lowest BCUT2D eigenvalue weighted by Gasteiger charge is -2.11. The molecule has 2 rings (SSSR count). The monoisotopic (exact) mass is 256 g/mol. The standard InChI is InChI=1S/C12H17ClN2O2/c1-3-8-10(13)9(15(4-2)14-8)7-12(5-6-12)11(16)17/h3-7H2,1-2H3,(H,16,17). The summed E-state index contributed by atoms with van der Waals surface area (Å²) < 4.78 is 1.84. The first kappa shape index (κ1) is 12.4. The second-order valence-corrected chi connectivity index (χ2v) is 5.02. The number of carboxylic acid groups (broad SMARTS) is 1. The Morgan fingerprint density at radius 2 is 2.18 bits per heavy atom. The fraction of sp³-hybridized carbons (Fsp3) is 0.667. The van der Waals surface area contributed by atoms with Crippen molar-refractivity contribution in [1.29, 1.82) is 0 Å². The van der Waals surface area contributed by atoms with Crippen LogP contribution in [0.25, 0.3) is 0 Å². The van der Waals surface area contributed by atoms with E-state index in [-0.39, 0.29) is 0 Å². The fourth-order valence-corrected chi connectivity index (χ4v) is 2.46. The van der Waals surface area contributed by atoms with Crippen molar-refractivity contribution >= 4 is 17.6 Å². The van der Waals surface area contributed by atoms with Gasteiger partial charge in [-0.15, -0.1) is 0 Å². The lowest BCUT2D eigenvalue weighted by molar-refractivity contribution is -0.143. The number of rotatable bonds is 5. The number of aryl methyl sites for hydroxylation is 2. The van der Waals surface area contributed by atoms with E-state index >= 15 is 0 Å². The zero-order valence-electron chi connectivity index (χ0n) is 10.2. The molecular formula is C12H17ClN2O2. The molecule has 1 fully saturated rings. The minimum absolute atomic E-state index is 0.502. The van der Waals surface area contributed by atoms with Crippen molar-refractivity contribution in [1.82, 2.24) is 9.78 Å². The molecule has 1 aliphatic carbocycles. The Kier molecular flexibility index (Phi) is 3.17. The third-order valence-corrected chi connectivity index (χ3v) is 3.94. The minimum Gasteiger partial charge on any atom is -0.481 e. The van der Waals surface area contributed by atoms with Crippen molar-refractivity contribution in [3.8, 4) is 0 Å². The molecular weight excluding hydrogens is 240 g/mol. The number of hydrogen-bond donors (Lipinski definition) is 1. The largest absolute Gasteiger partial charge is 0.481 e. The summed E-state index contributed by atoms with van der Waals surface area (Å²) in [5.41, 5.74) is 1.16. The van der Waals surface area contributed by atoms with E-state index in [4.69, 9.17) is 11.6 Å². The molecule has 0 aromatic carbocycles. The average Bonchev–Trinajstić information content (AvgIpc) is 3.02. The van der Waals surface area contributed by atoms with Gasteiger partial charge in [-0.1, -0.05) is 18.5 Å². The molecule has 1 aromatic heterocycles. The molecule has 17 heavy (non-hydrogen) atoms. The second kappa shape index (κ2) is 4.33. The zero-order valence-corrected chi connectivity index (χ0v) is 10.9. The van der Waals surface area contributed by atoms with Crippen LogP contribution in [0.3, 0.4) is 0 Å². The molecule has 1 aromatic rings. The van der Waals surface area contributed by atoms with Gasteiger partial charge in [0.25, 0.3) is 0 Å². The van der Waals surface area contributed by atoms with Gasteiger partial charge >= 0.3 is 5.97 Å². The molecule has 0 aliphatic heterocycles. The third-order valence-electron chi connectivity index (χ3n) is 3.51. The van der Waals surface area contributed by atoms with Crippen LogP contribution in [0.15, 0.2) is 0 Å². The molecule has 94 valence electrons. The number of carboxylic acids is 1. The molecule has 4 nitrogen and oxygen atoms in total. The van der Waals surface area contributed by atoms with Crippen molar-refractivity contribution in [3.05, 3.63) is 16.4 Å². The minimum atomic E-state index is -0.713. The van der Waals surface area contributed by atoms with E-state index < -0.39 is 11.4 Å². The van der Waals surface area contributed by atoms with Gasteiger partial charge in [-0.05, 0) is 26.2 Å². The van der Waals surface area contributed by atoms with Crippen LogP contribution in [0.1, 0.15) is 38.1 Å². The van der Waals surface area contributed by atoms with E-state index in [1.807, 2.05) is 18.5 Å². The highest BCUT2D eigenvalue weighted by Crippen LogP contribution is 2.49. The van der Waals surface area contributed by atoms with Crippen LogP contribution in [0, 0.1) is 5.41 Å². The molecule has 0 atom stereocenters. The maximum atomic E-state index is 11.2. The van der Waals surface area contributed by atoms with E-state index in [1.54, 1.807) is 0 Å². The summed E-state index contributed by atoms with van der Waals surface area (Å²) in [6.07, 6.45) is 2.77. The van der Waals surface area contributed by atoms with Gasteiger partial charge in [0.15, 0.2) is 0 Å². The SMILES string of the molecule is CCc1nn(CC)c(CC2(C(=O)O)CC2)c1Cl. The van der Waals surface area contributed by atoms with Gasteiger partial charge < -0.3 is 5.11 Å². The Morgan fingerprint density at radius 3 is 2.59 bits per heavy atom. The highest BCUT2D eigenvalue weighted by Gasteiger charge is 2.51. The Balaban J connectivity index is 2.32. The molecule has 1 saturated carbocycles. The molecule has 0 unspecified atom stereocenters. The van der Waals surface area contributed by atoms with Gasteiger partial charge in [-0.2, -0.15) is 5.10 Å². The highest BCUT2D eigenvalue weighted by molar-refractivity contribution is 6.31. The number of halogens is 1. The summed E-state index contributed by atoms with van der Waals surface area (Å²) in [7, 11) is 0. The normalized spacial score (nSPS) is 17.1. The van der Waals surface area contributed by atoms with Gasteiger partial charge in [0.1, 0.15) is 0 Å². The molecule has 0 amide bonds. The second-order valence-electron chi connectivity index (χ2n) is 4.64. The zero-order chi connectivity index (χ0) is 12.6. The smallest absolute Gasteiger partial charge is 0.310 e. The van der Waals surface area contributed by atoms with Crippen molar-refractivity contribution in [2.24, 2.45) is 5.41 Å².